The first-order chi connectivity index (χ1) is 7.70. The molecule has 2 rings (SSSR count). The second-order valence-corrected chi connectivity index (χ2v) is 4.34. The molecule has 0 bridgehead atoms. The maximum Gasteiger partial charge on any atom is -0.000911 e. The molecule has 0 nitrogen and oxygen atoms in total. The van der Waals surface area contributed by atoms with Crippen molar-refractivity contribution in [3.05, 3.63) is 65.6 Å². The molecule has 0 aromatic heterocycles. The number of benzene rings is 2. The zero-order valence-electron chi connectivity index (χ0n) is 10.1. The van der Waals surface area contributed by atoms with Crippen molar-refractivity contribution in [3.63, 3.8) is 0 Å². The van der Waals surface area contributed by atoms with E-state index in [1.54, 1.807) is 0 Å². The summed E-state index contributed by atoms with van der Waals surface area (Å²) in [5, 5.41) is 0. The summed E-state index contributed by atoms with van der Waals surface area (Å²) in [6.45, 7) is 6.53. The molecule has 2 aromatic carbocycles. The molecule has 0 aliphatic heterocycles. The van der Waals surface area contributed by atoms with Crippen LogP contribution in [0.4, 0.5) is 0 Å². The van der Waals surface area contributed by atoms with E-state index >= 15 is 0 Å². The highest BCUT2D eigenvalue weighted by atomic mass is 14.1. The maximum atomic E-state index is 2.20. The Morgan fingerprint density at radius 1 is 0.812 bits per heavy atom. The summed E-state index contributed by atoms with van der Waals surface area (Å²) < 4.78 is 0. The third kappa shape index (κ3) is 2.01. The van der Waals surface area contributed by atoms with Gasteiger partial charge < -0.3 is 0 Å². The molecule has 0 heterocycles. The van der Waals surface area contributed by atoms with Crippen molar-refractivity contribution < 1.29 is 0 Å². The lowest BCUT2D eigenvalue weighted by Gasteiger charge is -2.13. The van der Waals surface area contributed by atoms with Crippen LogP contribution in [-0.4, -0.2) is 0 Å². The normalized spacial score (nSPS) is 10.8. The van der Waals surface area contributed by atoms with Crippen molar-refractivity contribution in [3.8, 4) is 11.1 Å². The van der Waals surface area contributed by atoms with Crippen LogP contribution in [-0.2, 0) is 0 Å². The van der Waals surface area contributed by atoms with Gasteiger partial charge in [-0.2, -0.15) is 0 Å². The van der Waals surface area contributed by atoms with Gasteiger partial charge in [0.1, 0.15) is 0 Å². The van der Waals surface area contributed by atoms with Crippen LogP contribution in [0.1, 0.15) is 25.0 Å². The minimum Gasteiger partial charge on any atom is -0.0622 e. The minimum atomic E-state index is 1.29. The van der Waals surface area contributed by atoms with Gasteiger partial charge in [0.25, 0.3) is 0 Å². The SMILES string of the molecule is C[C](C)c1cccc(-c2ccccc2)c1C. The van der Waals surface area contributed by atoms with Gasteiger partial charge in [0.15, 0.2) is 0 Å². The summed E-state index contributed by atoms with van der Waals surface area (Å²) in [7, 11) is 0. The zero-order valence-corrected chi connectivity index (χ0v) is 10.1. The molecule has 0 amide bonds. The molecule has 0 N–H and O–H groups in total. The maximum absolute atomic E-state index is 2.20. The third-order valence-corrected chi connectivity index (χ3v) is 2.96. The lowest BCUT2D eigenvalue weighted by Crippen LogP contribution is -1.94. The average Bonchev–Trinajstić information content (AvgIpc) is 2.30. The molecule has 0 spiro atoms. The van der Waals surface area contributed by atoms with Crippen LogP contribution in [0.5, 0.6) is 0 Å². The number of hydrogen-bond acceptors (Lipinski definition) is 0. The van der Waals surface area contributed by atoms with Crippen LogP contribution >= 0.6 is 0 Å². The molecule has 0 aliphatic rings. The predicted octanol–water partition coefficient (Wildman–Crippen LogP) is 4.62. The molecule has 0 saturated carbocycles. The summed E-state index contributed by atoms with van der Waals surface area (Å²) in [6.07, 6.45) is 0. The molecule has 0 unspecified atom stereocenters. The van der Waals surface area contributed by atoms with Gasteiger partial charge in [0.2, 0.25) is 0 Å². The fourth-order valence-electron chi connectivity index (χ4n) is 2.11. The van der Waals surface area contributed by atoms with Gasteiger partial charge in [-0.25, -0.2) is 0 Å². The monoisotopic (exact) mass is 209 g/mol. The average molecular weight is 209 g/mol. The van der Waals surface area contributed by atoms with E-state index in [4.69, 9.17) is 0 Å². The molecule has 0 saturated heterocycles. The first-order valence-electron chi connectivity index (χ1n) is 5.65. The fraction of sp³-hybridized carbons (Fsp3) is 0.188. The Balaban J connectivity index is 2.55. The van der Waals surface area contributed by atoms with Crippen LogP contribution in [0.2, 0.25) is 0 Å². The smallest absolute Gasteiger partial charge is 0.000911 e. The molecule has 81 valence electrons. The molecule has 0 heteroatoms. The quantitative estimate of drug-likeness (QED) is 0.676. The summed E-state index contributed by atoms with van der Waals surface area (Å²) in [4.78, 5) is 0. The largest absolute Gasteiger partial charge is 0.0622 e. The van der Waals surface area contributed by atoms with E-state index in [0.29, 0.717) is 0 Å². The van der Waals surface area contributed by atoms with Crippen LogP contribution in [0.15, 0.2) is 48.5 Å². The molecule has 2 aromatic rings. The topological polar surface area (TPSA) is 0 Å². The van der Waals surface area contributed by atoms with Crippen molar-refractivity contribution in [2.24, 2.45) is 0 Å². The van der Waals surface area contributed by atoms with Crippen LogP contribution in [0.3, 0.4) is 0 Å². The van der Waals surface area contributed by atoms with Crippen molar-refractivity contribution in [2.45, 2.75) is 20.8 Å². The fourth-order valence-corrected chi connectivity index (χ4v) is 2.11. The highest BCUT2D eigenvalue weighted by molar-refractivity contribution is 5.69. The molecule has 1 radical (unpaired) electrons. The Kier molecular flexibility index (Phi) is 3.09. The number of rotatable bonds is 2. The molecule has 0 fully saturated rings. The second kappa shape index (κ2) is 4.52. The molecular weight excluding hydrogens is 192 g/mol. The number of hydrogen-bond donors (Lipinski definition) is 0. The van der Waals surface area contributed by atoms with Gasteiger partial charge in [-0.05, 0) is 35.1 Å². The first kappa shape index (κ1) is 10.9. The Morgan fingerprint density at radius 2 is 1.50 bits per heavy atom. The first-order valence-corrected chi connectivity index (χ1v) is 5.65. The Bertz CT molecular complexity index is 467. The van der Waals surface area contributed by atoms with Crippen LogP contribution in [0.25, 0.3) is 11.1 Å². The molecule has 16 heavy (non-hydrogen) atoms. The van der Waals surface area contributed by atoms with E-state index in [1.807, 2.05) is 0 Å². The summed E-state index contributed by atoms with van der Waals surface area (Å²) >= 11 is 0. The van der Waals surface area contributed by atoms with E-state index in [0.717, 1.165) is 0 Å². The zero-order chi connectivity index (χ0) is 11.5. The minimum absolute atomic E-state index is 1.29. The van der Waals surface area contributed by atoms with Crippen LogP contribution < -0.4 is 0 Å². The predicted molar refractivity (Wildman–Crippen MR) is 70.3 cm³/mol. The second-order valence-electron chi connectivity index (χ2n) is 4.34. The Labute approximate surface area is 97.9 Å². The summed E-state index contributed by atoms with van der Waals surface area (Å²) in [6, 6.07) is 17.1. The van der Waals surface area contributed by atoms with E-state index in [1.165, 1.54) is 28.2 Å². The Hall–Kier alpha value is -1.56. The van der Waals surface area contributed by atoms with Gasteiger partial charge in [-0.15, -0.1) is 0 Å². The van der Waals surface area contributed by atoms with Crippen molar-refractivity contribution in [1.82, 2.24) is 0 Å². The lowest BCUT2D eigenvalue weighted by molar-refractivity contribution is 1.12. The van der Waals surface area contributed by atoms with Crippen molar-refractivity contribution in [1.29, 1.82) is 0 Å². The lowest BCUT2D eigenvalue weighted by atomic mass is 9.91. The third-order valence-electron chi connectivity index (χ3n) is 2.96. The van der Waals surface area contributed by atoms with Gasteiger partial charge in [-0.1, -0.05) is 62.4 Å². The van der Waals surface area contributed by atoms with E-state index in [-0.39, 0.29) is 0 Å². The molecular formula is C16H17. The summed E-state index contributed by atoms with van der Waals surface area (Å²) in [5.74, 6) is 1.37. The molecule has 0 aliphatic carbocycles. The van der Waals surface area contributed by atoms with E-state index in [2.05, 4.69) is 69.3 Å². The standard InChI is InChI=1S/C16H17/c1-12(2)15-10-7-11-16(13(15)3)14-8-5-4-6-9-14/h4-11H,1-3H3. The Morgan fingerprint density at radius 3 is 2.12 bits per heavy atom. The van der Waals surface area contributed by atoms with E-state index in [9.17, 15) is 0 Å². The van der Waals surface area contributed by atoms with Gasteiger partial charge >= 0.3 is 0 Å². The van der Waals surface area contributed by atoms with Gasteiger partial charge in [0, 0.05) is 0 Å². The van der Waals surface area contributed by atoms with Gasteiger partial charge in [-0.3, -0.25) is 0 Å². The molecule has 0 atom stereocenters. The van der Waals surface area contributed by atoms with Crippen molar-refractivity contribution in [2.75, 3.05) is 0 Å². The van der Waals surface area contributed by atoms with Crippen LogP contribution in [0, 0.1) is 12.8 Å². The van der Waals surface area contributed by atoms with Gasteiger partial charge in [0.05, 0.1) is 0 Å². The summed E-state index contributed by atoms with van der Waals surface area (Å²) in [5.41, 5.74) is 5.36. The highest BCUT2D eigenvalue weighted by Crippen LogP contribution is 2.28. The van der Waals surface area contributed by atoms with E-state index < -0.39 is 0 Å². The van der Waals surface area contributed by atoms with Crippen molar-refractivity contribution >= 4 is 0 Å². The highest BCUT2D eigenvalue weighted by Gasteiger charge is 2.08.